The van der Waals surface area contributed by atoms with Crippen molar-refractivity contribution in [3.63, 3.8) is 0 Å². The lowest BCUT2D eigenvalue weighted by Gasteiger charge is -2.16. The summed E-state index contributed by atoms with van der Waals surface area (Å²) in [4.78, 5) is 29.6. The van der Waals surface area contributed by atoms with Crippen LogP contribution in [0.2, 0.25) is 5.02 Å². The summed E-state index contributed by atoms with van der Waals surface area (Å²) in [5.41, 5.74) is 0.521. The molecule has 2 amide bonds. The van der Waals surface area contributed by atoms with Gasteiger partial charge < -0.3 is 10.2 Å². The number of thioether (sulfide) groups is 1. The molecular formula is C15H18ClN5O2S. The van der Waals surface area contributed by atoms with Crippen LogP contribution in [0.5, 0.6) is 0 Å². The minimum atomic E-state index is -0.310. The van der Waals surface area contributed by atoms with E-state index in [1.54, 1.807) is 31.3 Å². The van der Waals surface area contributed by atoms with Crippen molar-refractivity contribution < 1.29 is 9.59 Å². The highest BCUT2D eigenvalue weighted by Gasteiger charge is 2.15. The average Bonchev–Trinajstić information content (AvgIpc) is 3.02. The van der Waals surface area contributed by atoms with Gasteiger partial charge in [0.1, 0.15) is 5.82 Å². The van der Waals surface area contributed by atoms with Crippen LogP contribution in [0.15, 0.2) is 29.4 Å². The number of aryl methyl sites for hydroxylation is 1. The van der Waals surface area contributed by atoms with Crippen LogP contribution in [-0.4, -0.2) is 51.2 Å². The minimum Gasteiger partial charge on any atom is -0.336 e. The number of benzene rings is 1. The van der Waals surface area contributed by atoms with E-state index < -0.39 is 0 Å². The number of hydrogen-bond donors (Lipinski definition) is 2. The molecule has 0 fully saturated rings. The van der Waals surface area contributed by atoms with Gasteiger partial charge in [-0.1, -0.05) is 42.4 Å². The third kappa shape index (κ3) is 5.24. The number of hydrogen-bond acceptors (Lipinski definition) is 5. The minimum absolute atomic E-state index is 0.0567. The van der Waals surface area contributed by atoms with Crippen molar-refractivity contribution in [3.05, 3.63) is 35.1 Å². The number of halogens is 1. The van der Waals surface area contributed by atoms with Gasteiger partial charge in [-0.05, 0) is 12.1 Å². The molecule has 1 aromatic carbocycles. The van der Waals surface area contributed by atoms with Gasteiger partial charge in [-0.2, -0.15) is 0 Å². The standard InChI is InChI=1S/C15H18ClN5O2S/c1-3-12-18-15(20-19-12)24-9-14(23)21(2)8-13(22)17-11-7-5-4-6-10(11)16/h4-7H,3,8-9H2,1-2H3,(H,17,22)(H,18,19,20). The summed E-state index contributed by atoms with van der Waals surface area (Å²) in [7, 11) is 1.57. The first-order chi connectivity index (χ1) is 11.5. The second-order valence-electron chi connectivity index (χ2n) is 4.98. The number of rotatable bonds is 7. The molecule has 1 aromatic heterocycles. The van der Waals surface area contributed by atoms with E-state index in [1.165, 1.54) is 16.7 Å². The monoisotopic (exact) mass is 367 g/mol. The third-order valence-electron chi connectivity index (χ3n) is 3.13. The molecule has 0 bridgehead atoms. The molecule has 0 aliphatic carbocycles. The number of amides is 2. The topological polar surface area (TPSA) is 91.0 Å². The van der Waals surface area contributed by atoms with Crippen molar-refractivity contribution in [2.45, 2.75) is 18.5 Å². The predicted molar refractivity (Wildman–Crippen MR) is 94.2 cm³/mol. The molecule has 0 radical (unpaired) electrons. The fraction of sp³-hybridized carbons (Fsp3) is 0.333. The summed E-state index contributed by atoms with van der Waals surface area (Å²) < 4.78 is 0. The number of para-hydroxylation sites is 1. The SMILES string of the molecule is CCc1nc(SCC(=O)N(C)CC(=O)Nc2ccccc2Cl)n[nH]1. The zero-order chi connectivity index (χ0) is 17.5. The zero-order valence-corrected chi connectivity index (χ0v) is 14.9. The van der Waals surface area contributed by atoms with Crippen molar-refractivity contribution in [1.82, 2.24) is 20.1 Å². The Kier molecular flexibility index (Phi) is 6.62. The van der Waals surface area contributed by atoms with Crippen LogP contribution < -0.4 is 5.32 Å². The molecule has 0 atom stereocenters. The van der Waals surface area contributed by atoms with Crippen molar-refractivity contribution in [3.8, 4) is 0 Å². The van der Waals surface area contributed by atoms with E-state index in [0.717, 1.165) is 12.2 Å². The number of nitrogens with one attached hydrogen (secondary N) is 2. The molecule has 1 heterocycles. The van der Waals surface area contributed by atoms with Gasteiger partial charge in [0.25, 0.3) is 0 Å². The van der Waals surface area contributed by atoms with Crippen LogP contribution in [0.25, 0.3) is 0 Å². The Bertz CT molecular complexity index is 721. The van der Waals surface area contributed by atoms with Gasteiger partial charge in [-0.25, -0.2) is 4.98 Å². The van der Waals surface area contributed by atoms with Crippen LogP contribution in [0.4, 0.5) is 5.69 Å². The van der Waals surface area contributed by atoms with E-state index >= 15 is 0 Å². The molecule has 0 saturated carbocycles. The van der Waals surface area contributed by atoms with E-state index in [1.807, 2.05) is 6.92 Å². The maximum absolute atomic E-state index is 12.1. The summed E-state index contributed by atoms with van der Waals surface area (Å²) in [6, 6.07) is 6.93. The molecule has 2 N–H and O–H groups in total. The second-order valence-corrected chi connectivity index (χ2v) is 6.33. The van der Waals surface area contributed by atoms with Crippen molar-refractivity contribution >= 4 is 40.9 Å². The van der Waals surface area contributed by atoms with Gasteiger partial charge in [0.15, 0.2) is 0 Å². The highest BCUT2D eigenvalue weighted by atomic mass is 35.5. The summed E-state index contributed by atoms with van der Waals surface area (Å²) >= 11 is 7.21. The normalized spacial score (nSPS) is 10.5. The number of nitrogens with zero attached hydrogens (tertiary/aromatic N) is 3. The molecule has 0 aliphatic heterocycles. The quantitative estimate of drug-likeness (QED) is 0.732. The highest BCUT2D eigenvalue weighted by molar-refractivity contribution is 7.99. The van der Waals surface area contributed by atoms with Gasteiger partial charge >= 0.3 is 0 Å². The first kappa shape index (κ1) is 18.3. The van der Waals surface area contributed by atoms with Gasteiger partial charge in [-0.3, -0.25) is 14.7 Å². The fourth-order valence-electron chi connectivity index (χ4n) is 1.79. The summed E-state index contributed by atoms with van der Waals surface area (Å²) in [6.45, 7) is 1.91. The molecule has 0 spiro atoms. The number of aromatic nitrogens is 3. The fourth-order valence-corrected chi connectivity index (χ4v) is 2.73. The van der Waals surface area contributed by atoms with E-state index in [4.69, 9.17) is 11.6 Å². The first-order valence-corrected chi connectivity index (χ1v) is 8.68. The first-order valence-electron chi connectivity index (χ1n) is 7.32. The van der Waals surface area contributed by atoms with Crippen LogP contribution in [0, 0.1) is 0 Å². The molecule has 24 heavy (non-hydrogen) atoms. The number of carbonyl (C=O) groups is 2. The molecule has 7 nitrogen and oxygen atoms in total. The lowest BCUT2D eigenvalue weighted by Crippen LogP contribution is -2.36. The van der Waals surface area contributed by atoms with Crippen molar-refractivity contribution in [2.24, 2.45) is 0 Å². The molecular weight excluding hydrogens is 350 g/mol. The Morgan fingerprint density at radius 3 is 2.79 bits per heavy atom. The lowest BCUT2D eigenvalue weighted by atomic mass is 10.3. The smallest absolute Gasteiger partial charge is 0.244 e. The molecule has 2 aromatic rings. The zero-order valence-electron chi connectivity index (χ0n) is 13.4. The van der Waals surface area contributed by atoms with Crippen LogP contribution in [-0.2, 0) is 16.0 Å². The maximum atomic E-state index is 12.1. The Morgan fingerprint density at radius 1 is 1.38 bits per heavy atom. The Balaban J connectivity index is 1.80. The molecule has 9 heteroatoms. The lowest BCUT2D eigenvalue weighted by molar-refractivity contribution is -0.131. The maximum Gasteiger partial charge on any atom is 0.244 e. The largest absolute Gasteiger partial charge is 0.336 e. The number of anilines is 1. The Hall–Kier alpha value is -2.06. The summed E-state index contributed by atoms with van der Waals surface area (Å²) in [6.07, 6.45) is 0.754. The van der Waals surface area contributed by atoms with Crippen LogP contribution in [0.1, 0.15) is 12.7 Å². The molecule has 0 unspecified atom stereocenters. The van der Waals surface area contributed by atoms with Gasteiger partial charge in [-0.15, -0.1) is 5.10 Å². The van der Waals surface area contributed by atoms with Gasteiger partial charge in [0.05, 0.1) is 23.0 Å². The van der Waals surface area contributed by atoms with Crippen molar-refractivity contribution in [2.75, 3.05) is 24.7 Å². The molecule has 2 rings (SSSR count). The van der Waals surface area contributed by atoms with Gasteiger partial charge in [0.2, 0.25) is 17.0 Å². The van der Waals surface area contributed by atoms with E-state index in [-0.39, 0.29) is 24.1 Å². The second kappa shape index (κ2) is 8.70. The molecule has 0 saturated heterocycles. The van der Waals surface area contributed by atoms with Crippen LogP contribution >= 0.6 is 23.4 Å². The summed E-state index contributed by atoms with van der Waals surface area (Å²) in [5, 5.41) is 10.4. The number of H-pyrrole nitrogens is 1. The van der Waals surface area contributed by atoms with Crippen molar-refractivity contribution in [1.29, 1.82) is 0 Å². The molecule has 128 valence electrons. The highest BCUT2D eigenvalue weighted by Crippen LogP contribution is 2.20. The molecule has 0 aliphatic rings. The number of carbonyl (C=O) groups excluding carboxylic acids is 2. The number of likely N-dealkylation sites (N-methyl/N-ethyl adjacent to an activating group) is 1. The predicted octanol–water partition coefficient (Wildman–Crippen LogP) is 2.21. The van der Waals surface area contributed by atoms with E-state index in [0.29, 0.717) is 15.9 Å². The van der Waals surface area contributed by atoms with Crippen LogP contribution in [0.3, 0.4) is 0 Å². The average molecular weight is 368 g/mol. The Morgan fingerprint density at radius 2 is 2.12 bits per heavy atom. The summed E-state index contributed by atoms with van der Waals surface area (Å²) in [5.74, 6) is 0.446. The Labute approximate surface area is 149 Å². The number of aromatic amines is 1. The van der Waals surface area contributed by atoms with E-state index in [2.05, 4.69) is 20.5 Å². The van der Waals surface area contributed by atoms with E-state index in [9.17, 15) is 9.59 Å². The third-order valence-corrected chi connectivity index (χ3v) is 4.29. The van der Waals surface area contributed by atoms with Gasteiger partial charge in [0, 0.05) is 13.5 Å².